The van der Waals surface area contributed by atoms with Gasteiger partial charge in [-0.05, 0) is 42.0 Å². The second-order valence-electron chi connectivity index (χ2n) is 12.4. The molecular formula is C44H36N4O7S2. The number of oxazole rings is 2. The lowest BCUT2D eigenvalue weighted by Crippen LogP contribution is -2.12. The van der Waals surface area contributed by atoms with Crippen LogP contribution in [0.5, 0.6) is 5.75 Å². The Morgan fingerprint density at radius 3 is 1.28 bits per heavy atom. The van der Waals surface area contributed by atoms with Gasteiger partial charge in [0.1, 0.15) is 17.1 Å². The molecule has 8 rings (SSSR count). The maximum atomic E-state index is 12.8. The molecule has 0 spiro atoms. The van der Waals surface area contributed by atoms with Crippen LogP contribution in [0.25, 0.3) is 22.5 Å². The summed E-state index contributed by atoms with van der Waals surface area (Å²) in [4.78, 5) is 9.31. The molecule has 286 valence electrons. The second kappa shape index (κ2) is 17.7. The smallest absolute Gasteiger partial charge is 0.264 e. The van der Waals surface area contributed by atoms with E-state index in [4.69, 9.17) is 13.6 Å². The van der Waals surface area contributed by atoms with Crippen LogP contribution in [0.2, 0.25) is 0 Å². The molecule has 0 saturated heterocycles. The molecule has 0 aliphatic carbocycles. The van der Waals surface area contributed by atoms with Crippen molar-refractivity contribution in [2.75, 3.05) is 9.44 Å². The fourth-order valence-corrected chi connectivity index (χ4v) is 7.61. The van der Waals surface area contributed by atoms with Crippen LogP contribution in [-0.4, -0.2) is 26.8 Å². The number of aromatic nitrogens is 2. The summed E-state index contributed by atoms with van der Waals surface area (Å²) in [6.45, 7) is 0.0664. The van der Waals surface area contributed by atoms with E-state index in [1.165, 1.54) is 24.3 Å². The number of sulfonamides is 2. The zero-order valence-electron chi connectivity index (χ0n) is 30.3. The van der Waals surface area contributed by atoms with Crippen molar-refractivity contribution in [3.05, 3.63) is 199 Å². The predicted molar refractivity (Wildman–Crippen MR) is 218 cm³/mol. The number of hydrogen-bond donors (Lipinski definition) is 2. The molecule has 0 saturated carbocycles. The van der Waals surface area contributed by atoms with Gasteiger partial charge in [-0.2, -0.15) is 0 Å². The van der Waals surface area contributed by atoms with Gasteiger partial charge in [-0.15, -0.1) is 0 Å². The Kier molecular flexibility index (Phi) is 11.9. The standard InChI is InChI=1S/C22H18N2O4S.C22H18N2O3S/c25-29(26,19-14-8-3-9-15-19)24-22-21(17-10-4-1-5-11-17)23-20(28-22)16-27-18-12-6-2-7-13-18;25-28(26,19-14-8-3-9-15-19)24-22-21(18-12-6-2-7-13-18)23-20(27-22)16-17-10-4-1-5-11-17/h1-15,24H,16H2;1-15,24H,16H2. The summed E-state index contributed by atoms with van der Waals surface area (Å²) in [6.07, 6.45) is 0.466. The molecule has 13 heteroatoms. The fraction of sp³-hybridized carbons (Fsp3) is 0.0455. The molecule has 11 nitrogen and oxygen atoms in total. The molecule has 0 fully saturated rings. The van der Waals surface area contributed by atoms with Crippen LogP contribution in [0.1, 0.15) is 17.3 Å². The van der Waals surface area contributed by atoms with Gasteiger partial charge in [0.05, 0.1) is 9.79 Å². The lowest BCUT2D eigenvalue weighted by molar-refractivity contribution is 0.265. The summed E-state index contributed by atoms with van der Waals surface area (Å²) in [7, 11) is -7.61. The molecule has 2 N–H and O–H groups in total. The molecule has 8 aromatic rings. The fourth-order valence-electron chi connectivity index (χ4n) is 5.58. The molecule has 0 unspecified atom stereocenters. The number of hydrogen-bond acceptors (Lipinski definition) is 9. The molecule has 2 heterocycles. The van der Waals surface area contributed by atoms with E-state index >= 15 is 0 Å². The van der Waals surface area contributed by atoms with Crippen LogP contribution in [0.3, 0.4) is 0 Å². The highest BCUT2D eigenvalue weighted by Gasteiger charge is 2.23. The molecule has 2 aromatic heterocycles. The van der Waals surface area contributed by atoms with Crippen molar-refractivity contribution in [2.45, 2.75) is 22.8 Å². The molecule has 6 aromatic carbocycles. The van der Waals surface area contributed by atoms with Gasteiger partial charge >= 0.3 is 0 Å². The number of benzene rings is 6. The maximum absolute atomic E-state index is 12.8. The van der Waals surface area contributed by atoms with E-state index in [0.717, 1.165) is 16.7 Å². The molecule has 0 radical (unpaired) electrons. The Labute approximate surface area is 330 Å². The van der Waals surface area contributed by atoms with Crippen molar-refractivity contribution in [1.82, 2.24) is 9.97 Å². The van der Waals surface area contributed by atoms with Crippen LogP contribution >= 0.6 is 0 Å². The van der Waals surface area contributed by atoms with Gasteiger partial charge in [0.25, 0.3) is 20.0 Å². The number of ether oxygens (including phenoxy) is 1. The Balaban J connectivity index is 0.000000174. The third-order valence-corrected chi connectivity index (χ3v) is 11.0. The zero-order chi connectivity index (χ0) is 39.5. The minimum absolute atomic E-state index is 0.0479. The molecule has 0 amide bonds. The first-order chi connectivity index (χ1) is 27.7. The van der Waals surface area contributed by atoms with Crippen LogP contribution in [0.4, 0.5) is 11.8 Å². The maximum Gasteiger partial charge on any atom is 0.264 e. The van der Waals surface area contributed by atoms with Gasteiger partial charge in [-0.25, -0.2) is 36.2 Å². The molecule has 0 aliphatic heterocycles. The highest BCUT2D eigenvalue weighted by molar-refractivity contribution is 7.93. The Hall–Kier alpha value is -6.96. The van der Waals surface area contributed by atoms with E-state index in [1.807, 2.05) is 121 Å². The number of nitrogens with zero attached hydrogens (tertiary/aromatic N) is 2. The van der Waals surface area contributed by atoms with Gasteiger partial charge in [0, 0.05) is 17.5 Å². The Morgan fingerprint density at radius 2 is 0.825 bits per heavy atom. The SMILES string of the molecule is O=S(=O)(Nc1oc(COc2ccccc2)nc1-c1ccccc1)c1ccccc1.O=S(=O)(Nc1oc(Cc2ccccc2)nc1-c1ccccc1)c1ccccc1. The summed E-state index contributed by atoms with van der Waals surface area (Å²) in [5.74, 6) is 1.53. The number of nitrogens with one attached hydrogen (secondary N) is 2. The van der Waals surface area contributed by atoms with Crippen molar-refractivity contribution < 1.29 is 30.4 Å². The van der Waals surface area contributed by atoms with E-state index in [1.54, 1.807) is 36.4 Å². The van der Waals surface area contributed by atoms with Crippen LogP contribution in [0.15, 0.2) is 201 Å². The predicted octanol–water partition coefficient (Wildman–Crippen LogP) is 9.45. The van der Waals surface area contributed by atoms with Crippen molar-refractivity contribution in [1.29, 1.82) is 0 Å². The second-order valence-corrected chi connectivity index (χ2v) is 15.8. The summed E-state index contributed by atoms with van der Waals surface area (Å²) in [5, 5.41) is 0. The van der Waals surface area contributed by atoms with Crippen molar-refractivity contribution >= 4 is 31.8 Å². The highest BCUT2D eigenvalue weighted by atomic mass is 32.2. The van der Waals surface area contributed by atoms with E-state index in [0.29, 0.717) is 29.4 Å². The first kappa shape index (κ1) is 38.3. The zero-order valence-corrected chi connectivity index (χ0v) is 31.9. The van der Waals surface area contributed by atoms with Gasteiger partial charge in [0.2, 0.25) is 23.5 Å². The summed E-state index contributed by atoms with van der Waals surface area (Å²) in [5.41, 5.74) is 3.40. The Bertz CT molecular complexity index is 2720. The van der Waals surface area contributed by atoms with Crippen molar-refractivity contribution in [2.24, 2.45) is 0 Å². The van der Waals surface area contributed by atoms with E-state index < -0.39 is 20.0 Å². The van der Waals surface area contributed by atoms with Crippen LogP contribution < -0.4 is 14.2 Å². The number of para-hydroxylation sites is 1. The lowest BCUT2D eigenvalue weighted by atomic mass is 10.1. The average Bonchev–Trinajstić information content (AvgIpc) is 3.84. The topological polar surface area (TPSA) is 154 Å². The monoisotopic (exact) mass is 796 g/mol. The lowest BCUT2D eigenvalue weighted by Gasteiger charge is -2.06. The van der Waals surface area contributed by atoms with Gasteiger partial charge in [-0.1, -0.05) is 146 Å². The first-order valence-corrected chi connectivity index (χ1v) is 20.7. The summed E-state index contributed by atoms with van der Waals surface area (Å²) >= 11 is 0. The van der Waals surface area contributed by atoms with Crippen LogP contribution in [0, 0.1) is 0 Å². The Morgan fingerprint density at radius 1 is 0.456 bits per heavy atom. The average molecular weight is 797 g/mol. The van der Waals surface area contributed by atoms with Crippen molar-refractivity contribution in [3.8, 4) is 28.3 Å². The summed E-state index contributed by atoms with van der Waals surface area (Å²) in [6, 6.07) is 53.9. The van der Waals surface area contributed by atoms with Crippen molar-refractivity contribution in [3.63, 3.8) is 0 Å². The first-order valence-electron chi connectivity index (χ1n) is 17.7. The molecule has 57 heavy (non-hydrogen) atoms. The minimum atomic E-state index is -3.82. The van der Waals surface area contributed by atoms with Gasteiger partial charge in [0.15, 0.2) is 6.61 Å². The number of rotatable bonds is 13. The quantitative estimate of drug-likeness (QED) is 0.116. The van der Waals surface area contributed by atoms with Crippen LogP contribution in [-0.2, 0) is 33.1 Å². The van der Waals surface area contributed by atoms with E-state index in [2.05, 4.69) is 19.4 Å². The largest absolute Gasteiger partial charge is 0.484 e. The van der Waals surface area contributed by atoms with E-state index in [9.17, 15) is 16.8 Å². The molecule has 0 aliphatic rings. The third-order valence-electron chi connectivity index (χ3n) is 8.30. The number of anilines is 2. The normalized spacial score (nSPS) is 11.2. The van der Waals surface area contributed by atoms with Gasteiger partial charge in [-0.3, -0.25) is 0 Å². The minimum Gasteiger partial charge on any atom is -0.484 e. The molecule has 0 bridgehead atoms. The molecule has 0 atom stereocenters. The molecular weight excluding hydrogens is 761 g/mol. The third kappa shape index (κ3) is 10.0. The van der Waals surface area contributed by atoms with E-state index in [-0.39, 0.29) is 34.1 Å². The summed E-state index contributed by atoms with van der Waals surface area (Å²) < 4.78 is 73.3. The highest BCUT2D eigenvalue weighted by Crippen LogP contribution is 2.32. The van der Waals surface area contributed by atoms with Gasteiger partial charge < -0.3 is 13.6 Å².